The van der Waals surface area contributed by atoms with Gasteiger partial charge in [0, 0.05) is 31.4 Å². The summed E-state index contributed by atoms with van der Waals surface area (Å²) >= 11 is 0. The average molecular weight is 327 g/mol. The summed E-state index contributed by atoms with van der Waals surface area (Å²) < 4.78 is 1.52. The van der Waals surface area contributed by atoms with Crippen molar-refractivity contribution in [3.8, 4) is 5.69 Å². The lowest BCUT2D eigenvalue weighted by Gasteiger charge is -2.14. The molecule has 2 aromatic rings. The number of nitrogens with one attached hydrogen (secondary N) is 2. The van der Waals surface area contributed by atoms with E-state index in [1.54, 1.807) is 24.4 Å². The highest BCUT2D eigenvalue weighted by molar-refractivity contribution is 5.92. The Morgan fingerprint density at radius 1 is 1.33 bits per heavy atom. The van der Waals surface area contributed by atoms with Gasteiger partial charge in [-0.05, 0) is 31.2 Å². The molecule has 1 aliphatic heterocycles. The van der Waals surface area contributed by atoms with Gasteiger partial charge in [-0.1, -0.05) is 11.6 Å². The second kappa shape index (κ2) is 7.05. The summed E-state index contributed by atoms with van der Waals surface area (Å²) in [6, 6.07) is 7.60. The second-order valence-electron chi connectivity index (χ2n) is 5.42. The van der Waals surface area contributed by atoms with E-state index < -0.39 is 4.92 Å². The highest BCUT2D eigenvalue weighted by Gasteiger charge is 2.12. The Kier molecular flexibility index (Phi) is 4.66. The Labute approximate surface area is 138 Å². The molecular weight excluding hydrogens is 310 g/mol. The molecular formula is C16H17N5O3. The van der Waals surface area contributed by atoms with Gasteiger partial charge in [-0.15, -0.1) is 0 Å². The van der Waals surface area contributed by atoms with Crippen molar-refractivity contribution in [2.45, 2.75) is 6.42 Å². The number of rotatable bonds is 5. The molecule has 2 N–H and O–H groups in total. The van der Waals surface area contributed by atoms with Crippen molar-refractivity contribution in [3.63, 3.8) is 0 Å². The standard InChI is InChI=1S/C16H17N5O3/c22-16(18-11-12-5-8-17-9-6-12)15-7-10-20(19-15)13-1-3-14(4-2-13)21(23)24/h1-5,7,10,17H,6,8-9,11H2,(H,18,22). The van der Waals surface area contributed by atoms with E-state index in [1.807, 2.05) is 0 Å². The Bertz CT molecular complexity index is 779. The molecule has 0 unspecified atom stereocenters. The summed E-state index contributed by atoms with van der Waals surface area (Å²) in [6.45, 7) is 2.28. The minimum atomic E-state index is -0.457. The fourth-order valence-electron chi connectivity index (χ4n) is 2.43. The van der Waals surface area contributed by atoms with E-state index in [1.165, 1.54) is 22.4 Å². The van der Waals surface area contributed by atoms with Gasteiger partial charge < -0.3 is 10.6 Å². The van der Waals surface area contributed by atoms with Gasteiger partial charge in [0.25, 0.3) is 11.6 Å². The first-order chi connectivity index (χ1) is 11.6. The molecule has 24 heavy (non-hydrogen) atoms. The van der Waals surface area contributed by atoms with Gasteiger partial charge >= 0.3 is 0 Å². The predicted molar refractivity (Wildman–Crippen MR) is 88.1 cm³/mol. The van der Waals surface area contributed by atoms with Gasteiger partial charge in [0.1, 0.15) is 0 Å². The summed E-state index contributed by atoms with van der Waals surface area (Å²) in [5.74, 6) is -0.241. The average Bonchev–Trinajstić information content (AvgIpc) is 3.11. The van der Waals surface area contributed by atoms with Gasteiger partial charge in [0.2, 0.25) is 0 Å². The third-order valence-corrected chi connectivity index (χ3v) is 3.78. The predicted octanol–water partition coefficient (Wildman–Crippen LogP) is 1.43. The molecule has 0 saturated carbocycles. The second-order valence-corrected chi connectivity index (χ2v) is 5.42. The highest BCUT2D eigenvalue weighted by atomic mass is 16.6. The van der Waals surface area contributed by atoms with Crippen molar-refractivity contribution >= 4 is 11.6 Å². The molecule has 124 valence electrons. The first kappa shape index (κ1) is 15.9. The van der Waals surface area contributed by atoms with Gasteiger partial charge in [0.15, 0.2) is 5.69 Å². The molecule has 0 fully saturated rings. The number of nitrogens with zero attached hydrogens (tertiary/aromatic N) is 3. The maximum atomic E-state index is 12.2. The number of hydrogen-bond donors (Lipinski definition) is 2. The smallest absolute Gasteiger partial charge is 0.272 e. The summed E-state index contributed by atoms with van der Waals surface area (Å²) in [4.78, 5) is 22.4. The lowest BCUT2D eigenvalue weighted by molar-refractivity contribution is -0.384. The van der Waals surface area contributed by atoms with Crippen LogP contribution in [0.3, 0.4) is 0 Å². The number of carbonyl (C=O) groups is 1. The molecule has 0 aliphatic carbocycles. The van der Waals surface area contributed by atoms with Crippen LogP contribution in [0.4, 0.5) is 5.69 Å². The molecule has 0 bridgehead atoms. The number of carbonyl (C=O) groups excluding carboxylic acids is 1. The summed E-state index contributed by atoms with van der Waals surface area (Å²) in [6.07, 6.45) is 4.66. The van der Waals surface area contributed by atoms with Crippen LogP contribution in [-0.2, 0) is 0 Å². The van der Waals surface area contributed by atoms with E-state index in [-0.39, 0.29) is 11.6 Å². The molecule has 0 spiro atoms. The van der Waals surface area contributed by atoms with Crippen molar-refractivity contribution in [1.82, 2.24) is 20.4 Å². The van der Waals surface area contributed by atoms with E-state index in [9.17, 15) is 14.9 Å². The molecule has 0 atom stereocenters. The number of benzene rings is 1. The SMILES string of the molecule is O=C(NCC1=CCNCC1)c1ccn(-c2ccc([N+](=O)[O-])cc2)n1. The topological polar surface area (TPSA) is 102 Å². The maximum Gasteiger partial charge on any atom is 0.272 e. The van der Waals surface area contributed by atoms with Crippen molar-refractivity contribution in [2.75, 3.05) is 19.6 Å². The van der Waals surface area contributed by atoms with Crippen molar-refractivity contribution in [3.05, 3.63) is 64.0 Å². The van der Waals surface area contributed by atoms with Gasteiger partial charge in [0.05, 0.1) is 10.6 Å². The molecule has 3 rings (SSSR count). The molecule has 1 aromatic carbocycles. The summed E-state index contributed by atoms with van der Waals surface area (Å²) in [5, 5.41) is 21.0. The molecule has 2 heterocycles. The normalized spacial score (nSPS) is 14.1. The first-order valence-electron chi connectivity index (χ1n) is 7.61. The third-order valence-electron chi connectivity index (χ3n) is 3.78. The van der Waals surface area contributed by atoms with Gasteiger partial charge in [-0.25, -0.2) is 4.68 Å². The van der Waals surface area contributed by atoms with E-state index in [0.29, 0.717) is 17.9 Å². The van der Waals surface area contributed by atoms with E-state index in [0.717, 1.165) is 19.5 Å². The number of non-ortho nitro benzene ring substituents is 1. The van der Waals surface area contributed by atoms with Crippen LogP contribution in [-0.4, -0.2) is 40.2 Å². The quantitative estimate of drug-likeness (QED) is 0.491. The van der Waals surface area contributed by atoms with Crippen molar-refractivity contribution < 1.29 is 9.72 Å². The van der Waals surface area contributed by atoms with Crippen molar-refractivity contribution in [1.29, 1.82) is 0 Å². The number of aromatic nitrogens is 2. The lowest BCUT2D eigenvalue weighted by atomic mass is 10.1. The Hall–Kier alpha value is -3.00. The summed E-state index contributed by atoms with van der Waals surface area (Å²) in [7, 11) is 0. The van der Waals surface area contributed by atoms with E-state index >= 15 is 0 Å². The maximum absolute atomic E-state index is 12.2. The van der Waals surface area contributed by atoms with Crippen LogP contribution < -0.4 is 10.6 Å². The monoisotopic (exact) mass is 327 g/mol. The molecule has 1 aliphatic rings. The highest BCUT2D eigenvalue weighted by Crippen LogP contribution is 2.15. The number of nitro benzene ring substituents is 1. The lowest BCUT2D eigenvalue weighted by Crippen LogP contribution is -2.29. The van der Waals surface area contributed by atoms with Crippen LogP contribution in [0, 0.1) is 10.1 Å². The molecule has 8 heteroatoms. The minimum Gasteiger partial charge on any atom is -0.347 e. The Balaban J connectivity index is 1.64. The zero-order valence-corrected chi connectivity index (χ0v) is 12.9. The summed E-state index contributed by atoms with van der Waals surface area (Å²) in [5.41, 5.74) is 2.18. The first-order valence-corrected chi connectivity index (χ1v) is 7.61. The third kappa shape index (κ3) is 3.66. The van der Waals surface area contributed by atoms with Crippen LogP contribution in [0.2, 0.25) is 0 Å². The number of amides is 1. The molecule has 0 saturated heterocycles. The molecule has 1 aromatic heterocycles. The van der Waals surface area contributed by atoms with Crippen LogP contribution in [0.15, 0.2) is 48.2 Å². The molecule has 1 amide bonds. The van der Waals surface area contributed by atoms with E-state index in [4.69, 9.17) is 0 Å². The minimum absolute atomic E-state index is 0.0131. The number of hydrogen-bond acceptors (Lipinski definition) is 5. The Morgan fingerprint density at radius 2 is 2.12 bits per heavy atom. The fraction of sp³-hybridized carbons (Fsp3) is 0.250. The van der Waals surface area contributed by atoms with Gasteiger partial charge in [-0.2, -0.15) is 5.10 Å². The Morgan fingerprint density at radius 3 is 2.79 bits per heavy atom. The van der Waals surface area contributed by atoms with Gasteiger partial charge in [-0.3, -0.25) is 14.9 Å². The fourth-order valence-corrected chi connectivity index (χ4v) is 2.43. The zero-order valence-electron chi connectivity index (χ0n) is 12.9. The van der Waals surface area contributed by atoms with Crippen LogP contribution >= 0.6 is 0 Å². The van der Waals surface area contributed by atoms with Crippen molar-refractivity contribution in [2.24, 2.45) is 0 Å². The largest absolute Gasteiger partial charge is 0.347 e. The zero-order chi connectivity index (χ0) is 16.9. The number of nitro groups is 1. The van der Waals surface area contributed by atoms with Crippen LogP contribution in [0.25, 0.3) is 5.69 Å². The molecule has 8 nitrogen and oxygen atoms in total. The van der Waals surface area contributed by atoms with Crippen LogP contribution in [0.1, 0.15) is 16.9 Å². The molecule has 0 radical (unpaired) electrons. The van der Waals surface area contributed by atoms with Crippen LogP contribution in [0.5, 0.6) is 0 Å². The van der Waals surface area contributed by atoms with E-state index in [2.05, 4.69) is 21.8 Å².